The number of piperidine rings is 1. The molecular formula is C19H21F4N3O4. The van der Waals surface area contributed by atoms with Crippen molar-refractivity contribution in [1.82, 2.24) is 14.2 Å². The summed E-state index contributed by atoms with van der Waals surface area (Å²) in [6, 6.07) is 3.26. The minimum absolute atomic E-state index is 0.0918. The molecule has 2 fully saturated rings. The van der Waals surface area contributed by atoms with Crippen LogP contribution in [-0.4, -0.2) is 58.7 Å². The molecule has 1 aromatic heterocycles. The summed E-state index contributed by atoms with van der Waals surface area (Å²) < 4.78 is 58.7. The highest BCUT2D eigenvalue weighted by molar-refractivity contribution is 5.79. The molecule has 30 heavy (non-hydrogen) atoms. The van der Waals surface area contributed by atoms with Gasteiger partial charge < -0.3 is 14.5 Å². The first-order chi connectivity index (χ1) is 14.3. The predicted octanol–water partition coefficient (Wildman–Crippen LogP) is 2.28. The maximum absolute atomic E-state index is 13.8. The lowest BCUT2D eigenvalue weighted by Crippen LogP contribution is -2.45. The smallest absolute Gasteiger partial charge is 0.381 e. The Balaban J connectivity index is 1.62. The van der Waals surface area contributed by atoms with Gasteiger partial charge in [0.1, 0.15) is 11.3 Å². The Morgan fingerprint density at radius 3 is 2.33 bits per heavy atom. The molecular weight excluding hydrogens is 410 g/mol. The molecule has 1 aromatic carbocycles. The Morgan fingerprint density at radius 2 is 1.70 bits per heavy atom. The number of aromatic nitrogens is 2. The van der Waals surface area contributed by atoms with Gasteiger partial charge in [0.25, 0.3) is 0 Å². The number of benzene rings is 1. The van der Waals surface area contributed by atoms with Crippen LogP contribution in [0.5, 0.6) is 0 Å². The van der Waals surface area contributed by atoms with Crippen LogP contribution in [-0.2, 0) is 9.53 Å². The van der Waals surface area contributed by atoms with E-state index in [1.54, 1.807) is 0 Å². The minimum atomic E-state index is -5.26. The van der Waals surface area contributed by atoms with Gasteiger partial charge in [-0.25, -0.2) is 14.0 Å². The monoisotopic (exact) mass is 431 g/mol. The van der Waals surface area contributed by atoms with E-state index in [4.69, 9.17) is 4.74 Å². The van der Waals surface area contributed by atoms with Crippen molar-refractivity contribution in [1.29, 1.82) is 0 Å². The van der Waals surface area contributed by atoms with E-state index in [-0.39, 0.29) is 17.1 Å². The van der Waals surface area contributed by atoms with Gasteiger partial charge >= 0.3 is 17.8 Å². The first kappa shape index (κ1) is 20.9. The van der Waals surface area contributed by atoms with Gasteiger partial charge in [-0.2, -0.15) is 13.2 Å². The van der Waals surface area contributed by atoms with Crippen molar-refractivity contribution in [3.63, 3.8) is 0 Å². The lowest BCUT2D eigenvalue weighted by atomic mass is 9.99. The number of hydrogen-bond acceptors (Lipinski definition) is 5. The fourth-order valence-electron chi connectivity index (χ4n) is 4.30. The van der Waals surface area contributed by atoms with E-state index in [1.165, 1.54) is 4.57 Å². The molecule has 0 atom stereocenters. The summed E-state index contributed by atoms with van der Waals surface area (Å²) in [6.07, 6.45) is -2.26. The van der Waals surface area contributed by atoms with Gasteiger partial charge in [0, 0.05) is 38.4 Å². The number of carbonyl (C=O) groups excluding carboxylic acids is 1. The molecule has 0 unspecified atom stereocenters. The molecule has 7 nitrogen and oxygen atoms in total. The normalized spacial score (nSPS) is 20.0. The SMILES string of the molecule is O=C(On1c(=O)n(C2CCN(C3CCOCC3)CC2)c2cc(F)ccc21)C(F)(F)F. The highest BCUT2D eigenvalue weighted by atomic mass is 19.4. The maximum atomic E-state index is 13.8. The molecule has 2 aliphatic rings. The maximum Gasteiger partial charge on any atom is 0.493 e. The number of alkyl halides is 3. The molecule has 3 heterocycles. The molecule has 0 aliphatic carbocycles. The second-order valence-corrected chi connectivity index (χ2v) is 7.57. The van der Waals surface area contributed by atoms with E-state index in [1.807, 2.05) is 0 Å². The van der Waals surface area contributed by atoms with Gasteiger partial charge in [-0.05, 0) is 43.9 Å². The van der Waals surface area contributed by atoms with Crippen LogP contribution in [0.4, 0.5) is 17.6 Å². The fraction of sp³-hybridized carbons (Fsp3) is 0.579. The number of hydrogen-bond donors (Lipinski definition) is 0. The number of imidazole rings is 1. The largest absolute Gasteiger partial charge is 0.493 e. The van der Waals surface area contributed by atoms with E-state index in [0.717, 1.165) is 31.0 Å². The molecule has 0 spiro atoms. The molecule has 11 heteroatoms. The lowest BCUT2D eigenvalue weighted by molar-refractivity contribution is -0.199. The van der Waals surface area contributed by atoms with Gasteiger partial charge in [0.05, 0.1) is 5.52 Å². The Morgan fingerprint density at radius 1 is 1.03 bits per heavy atom. The van der Waals surface area contributed by atoms with Crippen molar-refractivity contribution in [2.24, 2.45) is 0 Å². The Kier molecular flexibility index (Phi) is 5.58. The van der Waals surface area contributed by atoms with Crippen LogP contribution in [0.15, 0.2) is 23.0 Å². The zero-order valence-corrected chi connectivity index (χ0v) is 16.0. The van der Waals surface area contributed by atoms with Crippen LogP contribution in [0.2, 0.25) is 0 Å². The Hall–Kier alpha value is -2.40. The zero-order chi connectivity index (χ0) is 21.5. The standard InChI is InChI=1S/C19H21F4N3O4/c20-12-1-2-15-16(11-12)25(18(28)26(15)30-17(27)19(21,22)23)14-3-7-24(8-4-14)13-5-9-29-10-6-13/h1-2,11,13-14H,3-10H2. The topological polar surface area (TPSA) is 65.7 Å². The third-order valence-electron chi connectivity index (χ3n) is 5.77. The molecule has 0 radical (unpaired) electrons. The number of rotatable bonds is 3. The van der Waals surface area contributed by atoms with E-state index in [9.17, 15) is 27.2 Å². The lowest BCUT2D eigenvalue weighted by Gasteiger charge is -2.39. The molecule has 0 saturated carbocycles. The van der Waals surface area contributed by atoms with E-state index in [0.29, 0.717) is 49.9 Å². The van der Waals surface area contributed by atoms with Crippen molar-refractivity contribution < 1.29 is 31.9 Å². The third kappa shape index (κ3) is 3.95. The van der Waals surface area contributed by atoms with Crippen LogP contribution in [0.1, 0.15) is 31.7 Å². The van der Waals surface area contributed by atoms with Gasteiger partial charge in [-0.1, -0.05) is 0 Å². The van der Waals surface area contributed by atoms with Crippen molar-refractivity contribution in [2.45, 2.75) is 43.9 Å². The van der Waals surface area contributed by atoms with E-state index >= 15 is 0 Å². The summed E-state index contributed by atoms with van der Waals surface area (Å²) in [4.78, 5) is 30.8. The van der Waals surface area contributed by atoms with E-state index < -0.39 is 23.7 Å². The van der Waals surface area contributed by atoms with Gasteiger partial charge in [0.15, 0.2) is 0 Å². The molecule has 4 rings (SSSR count). The summed E-state index contributed by atoms with van der Waals surface area (Å²) in [5.41, 5.74) is -0.928. The van der Waals surface area contributed by atoms with Crippen LogP contribution in [0.25, 0.3) is 11.0 Å². The number of ether oxygens (including phenoxy) is 1. The van der Waals surface area contributed by atoms with Gasteiger partial charge in [-0.15, -0.1) is 4.73 Å². The quantitative estimate of drug-likeness (QED) is 0.698. The van der Waals surface area contributed by atoms with Crippen molar-refractivity contribution in [2.75, 3.05) is 26.3 Å². The number of nitrogens with zero attached hydrogens (tertiary/aromatic N) is 3. The predicted molar refractivity (Wildman–Crippen MR) is 97.5 cm³/mol. The molecule has 164 valence electrons. The fourth-order valence-corrected chi connectivity index (χ4v) is 4.30. The summed E-state index contributed by atoms with van der Waals surface area (Å²) in [6.45, 7) is 2.82. The van der Waals surface area contributed by atoms with Crippen LogP contribution >= 0.6 is 0 Å². The second kappa shape index (κ2) is 8.03. The van der Waals surface area contributed by atoms with Crippen LogP contribution in [0.3, 0.4) is 0 Å². The Labute approximate surface area is 168 Å². The minimum Gasteiger partial charge on any atom is -0.381 e. The summed E-state index contributed by atoms with van der Waals surface area (Å²) in [5.74, 6) is -3.16. The molecule has 0 amide bonds. The molecule has 2 aliphatic heterocycles. The second-order valence-electron chi connectivity index (χ2n) is 7.57. The zero-order valence-electron chi connectivity index (χ0n) is 16.0. The van der Waals surface area contributed by atoms with Crippen molar-refractivity contribution >= 4 is 17.0 Å². The number of carbonyl (C=O) groups is 1. The number of halogens is 4. The highest BCUT2D eigenvalue weighted by Gasteiger charge is 2.43. The average Bonchev–Trinajstić information content (AvgIpc) is 2.99. The molecule has 0 bridgehead atoms. The first-order valence-corrected chi connectivity index (χ1v) is 9.79. The average molecular weight is 431 g/mol. The summed E-state index contributed by atoms with van der Waals surface area (Å²) >= 11 is 0. The van der Waals surface area contributed by atoms with Crippen LogP contribution < -0.4 is 10.5 Å². The summed E-state index contributed by atoms with van der Waals surface area (Å²) in [5, 5.41) is 0. The summed E-state index contributed by atoms with van der Waals surface area (Å²) in [7, 11) is 0. The molecule has 2 saturated heterocycles. The number of fused-ring (bicyclic) bond motifs is 1. The van der Waals surface area contributed by atoms with E-state index in [2.05, 4.69) is 9.74 Å². The molecule has 2 aromatic rings. The first-order valence-electron chi connectivity index (χ1n) is 9.79. The van der Waals surface area contributed by atoms with Crippen molar-refractivity contribution in [3.05, 3.63) is 34.5 Å². The van der Waals surface area contributed by atoms with Crippen molar-refractivity contribution in [3.8, 4) is 0 Å². The van der Waals surface area contributed by atoms with Crippen LogP contribution in [0, 0.1) is 5.82 Å². The third-order valence-corrected chi connectivity index (χ3v) is 5.77. The van der Waals surface area contributed by atoms with Gasteiger partial charge in [0.2, 0.25) is 0 Å². The molecule has 0 N–H and O–H groups in total. The highest BCUT2D eigenvalue weighted by Crippen LogP contribution is 2.29. The van der Waals surface area contributed by atoms with Gasteiger partial charge in [-0.3, -0.25) is 4.57 Å². The number of likely N-dealkylation sites (tertiary alicyclic amines) is 1. The Bertz CT molecular complexity index is 986.